The van der Waals surface area contributed by atoms with Gasteiger partial charge in [-0.25, -0.2) is 4.98 Å². The highest BCUT2D eigenvalue weighted by molar-refractivity contribution is 7.22. The number of amides is 3. The molecule has 1 aromatic heterocycles. The van der Waals surface area contributed by atoms with Crippen LogP contribution in [0.1, 0.15) is 51.4 Å². The zero-order valence-electron chi connectivity index (χ0n) is 18.3. The van der Waals surface area contributed by atoms with E-state index >= 15 is 0 Å². The highest BCUT2D eigenvalue weighted by Crippen LogP contribution is 2.39. The fourth-order valence-electron chi connectivity index (χ4n) is 4.59. The summed E-state index contributed by atoms with van der Waals surface area (Å²) in [6.07, 6.45) is 0.731. The number of carbonyl (C=O) groups is 3. The number of rotatable bonds is 7. The minimum Gasteiger partial charge on any atom is -0.406 e. The molecule has 0 bridgehead atoms. The van der Waals surface area contributed by atoms with Crippen molar-refractivity contribution in [1.82, 2.24) is 15.6 Å². The summed E-state index contributed by atoms with van der Waals surface area (Å²) >= 11 is 1.06. The standard InChI is InChI=1S/C22H25F3N4O4S/c23-22(24,25)33-13-4-5-14-16(10-13)34-20(28-14)29-18(31)11-21(8-2-1-3-9-21)12-26-19(32)15-6-7-17(30)27-15/h4-5,10,15H,1-3,6-9,11-12H2,(H,26,32)(H,27,30)(H,28,29,31). The Bertz CT molecular complexity index is 1080. The first-order chi connectivity index (χ1) is 16.1. The molecule has 12 heteroatoms. The van der Waals surface area contributed by atoms with E-state index in [-0.39, 0.29) is 35.0 Å². The van der Waals surface area contributed by atoms with Crippen LogP contribution in [0, 0.1) is 5.41 Å². The van der Waals surface area contributed by atoms with Crippen molar-refractivity contribution in [2.45, 2.75) is 63.8 Å². The van der Waals surface area contributed by atoms with Gasteiger partial charge in [0.2, 0.25) is 17.7 Å². The van der Waals surface area contributed by atoms with Crippen molar-refractivity contribution < 1.29 is 32.3 Å². The highest BCUT2D eigenvalue weighted by Gasteiger charge is 2.36. The van der Waals surface area contributed by atoms with Gasteiger partial charge in [-0.15, -0.1) is 13.2 Å². The first kappa shape index (κ1) is 24.2. The van der Waals surface area contributed by atoms with E-state index in [1.807, 2.05) is 0 Å². The summed E-state index contributed by atoms with van der Waals surface area (Å²) in [5.41, 5.74) is 0.0541. The molecule has 3 amide bonds. The Balaban J connectivity index is 1.39. The second-order valence-corrected chi connectivity index (χ2v) is 9.89. The Hall–Kier alpha value is -2.89. The Labute approximate surface area is 197 Å². The van der Waals surface area contributed by atoms with Crippen molar-refractivity contribution >= 4 is 44.4 Å². The number of nitrogens with zero attached hydrogens (tertiary/aromatic N) is 1. The molecule has 0 spiro atoms. The average molecular weight is 499 g/mol. The molecule has 1 atom stereocenters. The zero-order valence-corrected chi connectivity index (χ0v) is 19.1. The van der Waals surface area contributed by atoms with Gasteiger partial charge >= 0.3 is 6.36 Å². The summed E-state index contributed by atoms with van der Waals surface area (Å²) < 4.78 is 41.8. The maximum atomic E-state index is 12.9. The third-order valence-corrected chi connectivity index (χ3v) is 7.17. The molecule has 8 nitrogen and oxygen atoms in total. The van der Waals surface area contributed by atoms with Crippen LogP contribution in [0.4, 0.5) is 18.3 Å². The molecular formula is C22H25F3N4O4S. The van der Waals surface area contributed by atoms with E-state index in [9.17, 15) is 27.6 Å². The molecular weight excluding hydrogens is 473 g/mol. The fraction of sp³-hybridized carbons (Fsp3) is 0.545. The summed E-state index contributed by atoms with van der Waals surface area (Å²) in [6, 6.07) is 3.28. The Kier molecular flexibility index (Phi) is 6.96. The number of ether oxygens (including phenoxy) is 1. The topological polar surface area (TPSA) is 109 Å². The van der Waals surface area contributed by atoms with Crippen molar-refractivity contribution in [3.05, 3.63) is 18.2 Å². The van der Waals surface area contributed by atoms with E-state index in [1.165, 1.54) is 18.2 Å². The van der Waals surface area contributed by atoms with Crippen molar-refractivity contribution in [3.63, 3.8) is 0 Å². The molecule has 2 heterocycles. The minimum atomic E-state index is -4.79. The second-order valence-electron chi connectivity index (χ2n) is 8.86. The zero-order chi connectivity index (χ0) is 24.3. The number of fused-ring (bicyclic) bond motifs is 1. The molecule has 1 saturated carbocycles. The van der Waals surface area contributed by atoms with E-state index in [0.29, 0.717) is 29.6 Å². The van der Waals surface area contributed by atoms with Gasteiger partial charge in [-0.3, -0.25) is 14.4 Å². The van der Waals surface area contributed by atoms with E-state index in [4.69, 9.17) is 0 Å². The molecule has 1 unspecified atom stereocenters. The van der Waals surface area contributed by atoms with E-state index in [0.717, 1.165) is 43.4 Å². The normalized spacial score (nSPS) is 20.1. The van der Waals surface area contributed by atoms with Gasteiger partial charge in [0.1, 0.15) is 11.8 Å². The first-order valence-corrected chi connectivity index (χ1v) is 12.0. The first-order valence-electron chi connectivity index (χ1n) is 11.1. The number of thiazole rings is 1. The van der Waals surface area contributed by atoms with Crippen LogP contribution >= 0.6 is 11.3 Å². The average Bonchev–Trinajstić information content (AvgIpc) is 3.36. The fourth-order valence-corrected chi connectivity index (χ4v) is 5.50. The van der Waals surface area contributed by atoms with Crippen molar-refractivity contribution in [2.24, 2.45) is 5.41 Å². The molecule has 2 aromatic rings. The summed E-state index contributed by atoms with van der Waals surface area (Å²) in [6.45, 7) is 0.337. The predicted molar refractivity (Wildman–Crippen MR) is 119 cm³/mol. The molecule has 0 radical (unpaired) electrons. The Morgan fingerprint density at radius 1 is 1.24 bits per heavy atom. The number of aromatic nitrogens is 1. The molecule has 34 heavy (non-hydrogen) atoms. The molecule has 184 valence electrons. The van der Waals surface area contributed by atoms with Gasteiger partial charge in [0.05, 0.1) is 10.2 Å². The lowest BCUT2D eigenvalue weighted by Gasteiger charge is -2.37. The van der Waals surface area contributed by atoms with Crippen LogP contribution in [0.2, 0.25) is 0 Å². The number of halogens is 3. The Morgan fingerprint density at radius 2 is 2.00 bits per heavy atom. The molecule has 1 saturated heterocycles. The van der Waals surface area contributed by atoms with Crippen LogP contribution in [0.15, 0.2) is 18.2 Å². The molecule has 1 aliphatic heterocycles. The number of benzene rings is 1. The lowest BCUT2D eigenvalue weighted by Crippen LogP contribution is -2.47. The largest absolute Gasteiger partial charge is 0.573 e. The van der Waals surface area contributed by atoms with Crippen LogP contribution < -0.4 is 20.7 Å². The van der Waals surface area contributed by atoms with Gasteiger partial charge in [0.15, 0.2) is 5.13 Å². The maximum Gasteiger partial charge on any atom is 0.573 e. The number of hydrogen-bond donors (Lipinski definition) is 3. The Morgan fingerprint density at radius 3 is 2.68 bits per heavy atom. The summed E-state index contributed by atoms with van der Waals surface area (Å²) in [7, 11) is 0. The van der Waals surface area contributed by atoms with Gasteiger partial charge in [0, 0.05) is 25.5 Å². The van der Waals surface area contributed by atoms with Gasteiger partial charge in [-0.05, 0) is 36.8 Å². The molecule has 1 aromatic carbocycles. The third-order valence-electron chi connectivity index (χ3n) is 6.24. The number of hydrogen-bond acceptors (Lipinski definition) is 6. The second kappa shape index (κ2) is 9.77. The molecule has 3 N–H and O–H groups in total. The van der Waals surface area contributed by atoms with Crippen LogP contribution in [0.25, 0.3) is 10.2 Å². The number of carbonyl (C=O) groups excluding carboxylic acids is 3. The number of alkyl halides is 3. The van der Waals surface area contributed by atoms with E-state index < -0.39 is 17.8 Å². The quantitative estimate of drug-likeness (QED) is 0.537. The van der Waals surface area contributed by atoms with Crippen LogP contribution in [0.3, 0.4) is 0 Å². The SMILES string of the molecule is O=C(CC1(CNC(=O)C2CCC(=O)N2)CCCCC1)Nc1nc2ccc(OC(F)(F)F)cc2s1. The molecule has 2 fully saturated rings. The van der Waals surface area contributed by atoms with E-state index in [2.05, 4.69) is 25.7 Å². The monoisotopic (exact) mass is 498 g/mol. The summed E-state index contributed by atoms with van der Waals surface area (Å²) in [5, 5.41) is 8.61. The van der Waals surface area contributed by atoms with Gasteiger partial charge in [-0.2, -0.15) is 0 Å². The molecule has 4 rings (SSSR count). The lowest BCUT2D eigenvalue weighted by molar-refractivity contribution is -0.274. The van der Waals surface area contributed by atoms with Crippen LogP contribution in [-0.2, 0) is 14.4 Å². The number of anilines is 1. The third kappa shape index (κ3) is 6.16. The number of nitrogens with one attached hydrogen (secondary N) is 3. The van der Waals surface area contributed by atoms with Crippen LogP contribution in [0.5, 0.6) is 5.75 Å². The van der Waals surface area contributed by atoms with Gasteiger partial charge in [0.25, 0.3) is 0 Å². The highest BCUT2D eigenvalue weighted by atomic mass is 32.1. The van der Waals surface area contributed by atoms with Crippen LogP contribution in [-0.4, -0.2) is 41.7 Å². The van der Waals surface area contributed by atoms with Gasteiger partial charge < -0.3 is 20.7 Å². The molecule has 2 aliphatic rings. The summed E-state index contributed by atoms with van der Waals surface area (Å²) in [4.78, 5) is 41.0. The van der Waals surface area contributed by atoms with Crippen molar-refractivity contribution in [2.75, 3.05) is 11.9 Å². The van der Waals surface area contributed by atoms with Crippen molar-refractivity contribution in [1.29, 1.82) is 0 Å². The smallest absolute Gasteiger partial charge is 0.406 e. The van der Waals surface area contributed by atoms with Crippen molar-refractivity contribution in [3.8, 4) is 5.75 Å². The molecule has 1 aliphatic carbocycles. The van der Waals surface area contributed by atoms with Gasteiger partial charge in [-0.1, -0.05) is 30.6 Å². The predicted octanol–water partition coefficient (Wildman–Crippen LogP) is 3.87. The lowest BCUT2D eigenvalue weighted by atomic mass is 9.71. The maximum absolute atomic E-state index is 12.9. The summed E-state index contributed by atoms with van der Waals surface area (Å²) in [5.74, 6) is -0.993. The van der Waals surface area contributed by atoms with E-state index in [1.54, 1.807) is 0 Å². The minimum absolute atomic E-state index is 0.139.